The molecule has 0 aliphatic rings. The third-order valence-corrected chi connectivity index (χ3v) is 9.51. The van der Waals surface area contributed by atoms with Crippen molar-refractivity contribution in [3.8, 4) is 0 Å². The molecule has 0 saturated heterocycles. The molecule has 2 atom stereocenters. The number of carboxylic acids is 1. The number of hydrogen-bond acceptors (Lipinski definition) is 7. The maximum absolute atomic E-state index is 12.7. The number of rotatable bonds is 38. The van der Waals surface area contributed by atoms with Crippen LogP contribution in [0.2, 0.25) is 0 Å². The van der Waals surface area contributed by atoms with Crippen LogP contribution in [0.5, 0.6) is 0 Å². The largest absolute Gasteiger partial charge is 0.544 e. The monoisotopic (exact) mass is 760 g/mol. The number of allylic oxidation sites excluding steroid dienone is 8. The Balaban J connectivity index is 4.36. The molecule has 0 spiro atoms. The van der Waals surface area contributed by atoms with Crippen LogP contribution in [0.15, 0.2) is 48.6 Å². The van der Waals surface area contributed by atoms with Crippen molar-refractivity contribution in [2.75, 3.05) is 41.0 Å². The maximum Gasteiger partial charge on any atom is 0.306 e. The lowest BCUT2D eigenvalue weighted by molar-refractivity contribution is -0.889. The Morgan fingerprint density at radius 3 is 1.57 bits per heavy atom. The minimum absolute atomic E-state index is 0.0302. The second kappa shape index (κ2) is 37.2. The number of quaternary nitrogens is 1. The summed E-state index contributed by atoms with van der Waals surface area (Å²) in [5.41, 5.74) is 0. The van der Waals surface area contributed by atoms with Gasteiger partial charge in [-0.1, -0.05) is 146 Å². The van der Waals surface area contributed by atoms with Gasteiger partial charge < -0.3 is 28.6 Å². The molecule has 0 rings (SSSR count). The molecule has 0 saturated carbocycles. The number of carboxylic acid groups (broad SMARTS) is 1. The van der Waals surface area contributed by atoms with Crippen LogP contribution >= 0.6 is 0 Å². The summed E-state index contributed by atoms with van der Waals surface area (Å²) in [6, 6.07) is -0.730. The van der Waals surface area contributed by atoms with E-state index in [9.17, 15) is 19.5 Å². The molecule has 0 bridgehead atoms. The smallest absolute Gasteiger partial charge is 0.306 e. The van der Waals surface area contributed by atoms with Crippen LogP contribution in [0.25, 0.3) is 0 Å². The fraction of sp³-hybridized carbons (Fsp3) is 0.761. The lowest BCUT2D eigenvalue weighted by Crippen LogP contribution is -2.55. The third-order valence-electron chi connectivity index (χ3n) is 9.51. The number of carbonyl (C=O) groups is 3. The van der Waals surface area contributed by atoms with Gasteiger partial charge in [-0.05, 0) is 57.8 Å². The molecule has 54 heavy (non-hydrogen) atoms. The Kier molecular flexibility index (Phi) is 35.4. The van der Waals surface area contributed by atoms with Gasteiger partial charge in [0.05, 0.1) is 40.3 Å². The van der Waals surface area contributed by atoms with E-state index >= 15 is 0 Å². The van der Waals surface area contributed by atoms with E-state index in [-0.39, 0.29) is 42.7 Å². The van der Waals surface area contributed by atoms with E-state index in [0.29, 0.717) is 12.8 Å². The highest BCUT2D eigenvalue weighted by Crippen LogP contribution is 2.14. The molecule has 312 valence electrons. The molecule has 0 aliphatic carbocycles. The van der Waals surface area contributed by atoms with Gasteiger partial charge in [0, 0.05) is 19.3 Å². The number of likely N-dealkylation sites (N-methyl/N-ethyl adjacent to an activating group) is 1. The minimum Gasteiger partial charge on any atom is -0.544 e. The summed E-state index contributed by atoms with van der Waals surface area (Å²) in [6.45, 7) is 4.49. The summed E-state index contributed by atoms with van der Waals surface area (Å²) >= 11 is 0. The van der Waals surface area contributed by atoms with Crippen LogP contribution in [0.1, 0.15) is 174 Å². The highest BCUT2D eigenvalue weighted by molar-refractivity contribution is 5.70. The highest BCUT2D eigenvalue weighted by atomic mass is 16.6. The Labute approximate surface area is 331 Å². The zero-order valence-corrected chi connectivity index (χ0v) is 35.4. The fourth-order valence-electron chi connectivity index (χ4n) is 6.12. The molecule has 8 heteroatoms. The van der Waals surface area contributed by atoms with Crippen LogP contribution in [-0.2, 0) is 28.6 Å². The Hall–Kier alpha value is -2.71. The first kappa shape index (κ1) is 51.3. The molecule has 0 radical (unpaired) electrons. The van der Waals surface area contributed by atoms with Crippen LogP contribution in [0.4, 0.5) is 0 Å². The summed E-state index contributed by atoms with van der Waals surface area (Å²) in [5.74, 6) is -1.77. The Morgan fingerprint density at radius 2 is 1.06 bits per heavy atom. The quantitative estimate of drug-likeness (QED) is 0.0203. The SMILES string of the molecule is CC/C=C/C=C/C=C/CCCCCCCC(=O)OC(COCCC(C(=O)[O-])[N+](C)(C)C)COC(=O)CCCCCCCCC/C=C/CCCCCCCC. The van der Waals surface area contributed by atoms with Crippen molar-refractivity contribution in [3.63, 3.8) is 0 Å². The highest BCUT2D eigenvalue weighted by Gasteiger charge is 2.25. The predicted molar refractivity (Wildman–Crippen MR) is 222 cm³/mol. The number of aliphatic carboxylic acids is 1. The average molecular weight is 760 g/mol. The van der Waals surface area contributed by atoms with Crippen molar-refractivity contribution >= 4 is 17.9 Å². The number of carbonyl (C=O) groups excluding carboxylic acids is 3. The normalized spacial score (nSPS) is 13.4. The molecule has 0 aromatic rings. The van der Waals surface area contributed by atoms with Crippen LogP contribution in [0, 0.1) is 0 Å². The van der Waals surface area contributed by atoms with Crippen molar-refractivity contribution in [2.45, 2.75) is 187 Å². The average Bonchev–Trinajstić information content (AvgIpc) is 3.12. The number of unbranched alkanes of at least 4 members (excludes halogenated alkanes) is 18. The number of nitrogens with zero attached hydrogens (tertiary/aromatic N) is 1. The van der Waals surface area contributed by atoms with Gasteiger partial charge in [0.1, 0.15) is 12.6 Å². The topological polar surface area (TPSA) is 102 Å². The second-order valence-corrected chi connectivity index (χ2v) is 15.6. The van der Waals surface area contributed by atoms with Gasteiger partial charge >= 0.3 is 11.9 Å². The van der Waals surface area contributed by atoms with Gasteiger partial charge in [0.2, 0.25) is 0 Å². The fourth-order valence-corrected chi connectivity index (χ4v) is 6.12. The first-order chi connectivity index (χ1) is 26.1. The van der Waals surface area contributed by atoms with Gasteiger partial charge in [0.15, 0.2) is 6.10 Å². The number of hydrogen-bond donors (Lipinski definition) is 0. The minimum atomic E-state index is -1.13. The lowest BCUT2D eigenvalue weighted by atomic mass is 10.1. The zero-order valence-electron chi connectivity index (χ0n) is 35.4. The van der Waals surface area contributed by atoms with Crippen molar-refractivity contribution in [1.29, 1.82) is 0 Å². The van der Waals surface area contributed by atoms with Crippen molar-refractivity contribution in [3.05, 3.63) is 48.6 Å². The lowest BCUT2D eigenvalue weighted by Gasteiger charge is -2.34. The first-order valence-corrected chi connectivity index (χ1v) is 21.7. The Bertz CT molecular complexity index is 1030. The van der Waals surface area contributed by atoms with Gasteiger partial charge in [-0.25, -0.2) is 0 Å². The van der Waals surface area contributed by atoms with Crippen molar-refractivity contribution in [2.24, 2.45) is 0 Å². The standard InChI is InChI=1S/C46H81NO7/c1-6-8-10-12-14-16-18-20-21-22-23-25-26-28-30-32-34-36-44(48)53-41-42(40-52-39-38-43(46(50)51)47(3,4)5)54-45(49)37-35-33-31-29-27-24-19-17-15-13-11-9-7-2/h9,11,13,15,17,19-21,42-43H,6-8,10,12,14,16,18,22-41H2,1-5H3/b11-9+,15-13+,19-17+,21-20+. The van der Waals surface area contributed by atoms with E-state index in [1.807, 2.05) is 12.2 Å². The summed E-state index contributed by atoms with van der Waals surface area (Å²) in [6.07, 6.45) is 42.8. The second-order valence-electron chi connectivity index (χ2n) is 15.6. The van der Waals surface area contributed by atoms with Gasteiger partial charge in [-0.15, -0.1) is 0 Å². The molecule has 0 N–H and O–H groups in total. The number of ether oxygens (including phenoxy) is 3. The van der Waals surface area contributed by atoms with Crippen LogP contribution in [0.3, 0.4) is 0 Å². The summed E-state index contributed by atoms with van der Waals surface area (Å²) < 4.78 is 17.1. The third kappa shape index (κ3) is 35.0. The predicted octanol–water partition coefficient (Wildman–Crippen LogP) is 10.3. The van der Waals surface area contributed by atoms with Gasteiger partial charge in [-0.3, -0.25) is 9.59 Å². The molecule has 0 fully saturated rings. The molecule has 0 aliphatic heterocycles. The molecule has 2 unspecified atom stereocenters. The maximum atomic E-state index is 12.7. The van der Waals surface area contributed by atoms with E-state index in [2.05, 4.69) is 50.3 Å². The van der Waals surface area contributed by atoms with Crippen molar-refractivity contribution in [1.82, 2.24) is 0 Å². The van der Waals surface area contributed by atoms with Gasteiger partial charge in [0.25, 0.3) is 0 Å². The summed E-state index contributed by atoms with van der Waals surface area (Å²) in [5, 5.41) is 11.6. The van der Waals surface area contributed by atoms with E-state index in [0.717, 1.165) is 64.2 Å². The molecule has 0 aromatic carbocycles. The molecular weight excluding hydrogens is 679 g/mol. The summed E-state index contributed by atoms with van der Waals surface area (Å²) in [7, 11) is 5.39. The molecule has 8 nitrogen and oxygen atoms in total. The molecule has 0 aromatic heterocycles. The van der Waals surface area contributed by atoms with Crippen molar-refractivity contribution < 1.29 is 38.2 Å². The van der Waals surface area contributed by atoms with E-state index < -0.39 is 18.1 Å². The zero-order chi connectivity index (χ0) is 40.0. The number of esters is 2. The molecular formula is C46H81NO7. The summed E-state index contributed by atoms with van der Waals surface area (Å²) in [4.78, 5) is 36.8. The van der Waals surface area contributed by atoms with Gasteiger partial charge in [-0.2, -0.15) is 0 Å². The molecule has 0 heterocycles. The van der Waals surface area contributed by atoms with E-state index in [1.54, 1.807) is 21.1 Å². The van der Waals surface area contributed by atoms with Crippen LogP contribution < -0.4 is 5.11 Å². The van der Waals surface area contributed by atoms with E-state index in [4.69, 9.17) is 14.2 Å². The van der Waals surface area contributed by atoms with E-state index in [1.165, 1.54) is 77.0 Å². The van der Waals surface area contributed by atoms with Crippen LogP contribution in [-0.4, -0.2) is 75.5 Å². The first-order valence-electron chi connectivity index (χ1n) is 21.7. The molecule has 0 amide bonds. The Morgan fingerprint density at radius 1 is 0.574 bits per heavy atom.